The monoisotopic (exact) mass is 405 g/mol. The van der Waals surface area contributed by atoms with Gasteiger partial charge in [-0.05, 0) is 81.0 Å². The molecule has 0 amide bonds. The van der Waals surface area contributed by atoms with Gasteiger partial charge in [-0.1, -0.05) is 37.1 Å². The van der Waals surface area contributed by atoms with E-state index in [9.17, 15) is 14.6 Å². The van der Waals surface area contributed by atoms with Crippen LogP contribution in [0.2, 0.25) is 0 Å². The number of alkyl halides is 1. The number of halogens is 1. The zero-order valence-corrected chi connectivity index (χ0v) is 18.3. The highest BCUT2D eigenvalue weighted by atomic mass is 19.1. The van der Waals surface area contributed by atoms with E-state index in [1.54, 1.807) is 5.57 Å². The molecule has 0 aromatic rings. The Labute approximate surface area is 176 Å². The fourth-order valence-corrected chi connectivity index (χ4v) is 7.23. The number of hydrogen-bond donors (Lipinski definition) is 2. The number of allylic oxidation sites excluding steroid dienone is 3. The highest BCUT2D eigenvalue weighted by Gasteiger charge is 2.50. The van der Waals surface area contributed by atoms with Gasteiger partial charge in [-0.2, -0.15) is 0 Å². The van der Waals surface area contributed by atoms with E-state index >= 15 is 0 Å². The Morgan fingerprint density at radius 1 is 1.17 bits per heavy atom. The molecule has 1 aliphatic heterocycles. The van der Waals surface area contributed by atoms with E-state index in [2.05, 4.69) is 30.9 Å². The van der Waals surface area contributed by atoms with Crippen LogP contribution in [0.4, 0.5) is 4.39 Å². The van der Waals surface area contributed by atoms with Gasteiger partial charge in [0.15, 0.2) is 0 Å². The smallest absolute Gasteiger partial charge is 0.114 e. The molecule has 7 atom stereocenters. The van der Waals surface area contributed by atoms with Crippen LogP contribution in [-0.2, 0) is 0 Å². The third-order valence-corrected chi connectivity index (χ3v) is 8.56. The van der Waals surface area contributed by atoms with Gasteiger partial charge < -0.3 is 15.1 Å². The molecule has 164 valence electrons. The van der Waals surface area contributed by atoms with Crippen molar-refractivity contribution in [3.05, 3.63) is 23.3 Å². The van der Waals surface area contributed by atoms with E-state index in [1.165, 1.54) is 37.7 Å². The Hall–Kier alpha value is -0.710. The summed E-state index contributed by atoms with van der Waals surface area (Å²) in [6.45, 7) is 7.52. The maximum absolute atomic E-state index is 13.6. The van der Waals surface area contributed by atoms with E-state index < -0.39 is 18.4 Å². The fourth-order valence-electron chi connectivity index (χ4n) is 7.23. The molecule has 0 unspecified atom stereocenters. The van der Waals surface area contributed by atoms with Crippen LogP contribution in [0, 0.1) is 23.2 Å². The van der Waals surface area contributed by atoms with Gasteiger partial charge in [0, 0.05) is 19.6 Å². The van der Waals surface area contributed by atoms with E-state index in [-0.39, 0.29) is 0 Å². The van der Waals surface area contributed by atoms with Crippen molar-refractivity contribution in [2.45, 2.75) is 90.0 Å². The molecule has 0 aromatic heterocycles. The molecule has 4 heteroatoms. The first-order chi connectivity index (χ1) is 13.8. The summed E-state index contributed by atoms with van der Waals surface area (Å²) in [7, 11) is 0. The molecule has 3 nitrogen and oxygen atoms in total. The molecular formula is C25H40FNO2. The van der Waals surface area contributed by atoms with Gasteiger partial charge in [-0.3, -0.25) is 0 Å². The van der Waals surface area contributed by atoms with Crippen molar-refractivity contribution in [3.63, 3.8) is 0 Å². The Balaban J connectivity index is 1.44. The quantitative estimate of drug-likeness (QED) is 0.716. The van der Waals surface area contributed by atoms with Crippen molar-refractivity contribution in [1.82, 2.24) is 4.90 Å². The molecule has 4 rings (SSSR count). The third kappa shape index (κ3) is 4.65. The van der Waals surface area contributed by atoms with E-state index in [4.69, 9.17) is 0 Å². The summed E-state index contributed by atoms with van der Waals surface area (Å²) in [6, 6.07) is 0. The van der Waals surface area contributed by atoms with Gasteiger partial charge >= 0.3 is 0 Å². The van der Waals surface area contributed by atoms with Crippen LogP contribution in [0.25, 0.3) is 0 Å². The zero-order chi connectivity index (χ0) is 20.6. The Bertz CT molecular complexity index is 635. The van der Waals surface area contributed by atoms with E-state index in [0.717, 1.165) is 19.0 Å². The first-order valence-corrected chi connectivity index (χ1v) is 12.0. The van der Waals surface area contributed by atoms with Gasteiger partial charge in [-0.15, -0.1) is 0 Å². The molecule has 0 bridgehead atoms. The highest BCUT2D eigenvalue weighted by molar-refractivity contribution is 5.26. The second-order valence-corrected chi connectivity index (χ2v) is 10.7. The number of likely N-dealkylation sites (tertiary alicyclic amines) is 1. The Morgan fingerprint density at radius 2 is 1.93 bits per heavy atom. The number of rotatable bonds is 4. The minimum Gasteiger partial charge on any atom is -0.393 e. The lowest BCUT2D eigenvalue weighted by Gasteiger charge is -2.45. The Kier molecular flexibility index (Phi) is 6.53. The van der Waals surface area contributed by atoms with E-state index in [0.29, 0.717) is 49.5 Å². The molecule has 0 spiro atoms. The molecule has 3 aliphatic carbocycles. The van der Waals surface area contributed by atoms with Crippen molar-refractivity contribution in [2.75, 3.05) is 19.6 Å². The largest absolute Gasteiger partial charge is 0.393 e. The van der Waals surface area contributed by atoms with Crippen LogP contribution in [0.5, 0.6) is 0 Å². The lowest BCUT2D eigenvalue weighted by atomic mass is 9.61. The number of aliphatic hydroxyl groups is 2. The minimum atomic E-state index is -0.622. The van der Waals surface area contributed by atoms with Crippen molar-refractivity contribution in [3.8, 4) is 0 Å². The van der Waals surface area contributed by atoms with Crippen molar-refractivity contribution in [2.24, 2.45) is 23.2 Å². The molecule has 4 fully saturated rings. The lowest BCUT2D eigenvalue weighted by Crippen LogP contribution is -2.39. The zero-order valence-electron chi connectivity index (χ0n) is 18.3. The van der Waals surface area contributed by atoms with Crippen molar-refractivity contribution in [1.29, 1.82) is 0 Å². The molecule has 2 N–H and O–H groups in total. The van der Waals surface area contributed by atoms with Crippen LogP contribution < -0.4 is 0 Å². The standard InChI is InChI=1S/C25H40FNO2/c1-17(15-27-11-9-20(26)16-27)23-7-8-24-19(4-3-10-25(23,24)2)6-5-18-12-21(28)14-22(29)13-18/h5-6,17,20-24,28-29H,3-4,7-16H2,1-2H3/t17-,20-,21-,22+,23+,24-,25+/m0/s1. The average Bonchev–Trinajstić information content (AvgIpc) is 3.21. The summed E-state index contributed by atoms with van der Waals surface area (Å²) < 4.78 is 13.6. The summed E-state index contributed by atoms with van der Waals surface area (Å²) in [6.07, 6.45) is 12.1. The molecule has 29 heavy (non-hydrogen) atoms. The topological polar surface area (TPSA) is 43.7 Å². The molecular weight excluding hydrogens is 365 g/mol. The molecule has 4 aliphatic rings. The maximum Gasteiger partial charge on any atom is 0.114 e. The van der Waals surface area contributed by atoms with Gasteiger partial charge in [0.05, 0.1) is 12.2 Å². The first-order valence-electron chi connectivity index (χ1n) is 12.0. The van der Waals surface area contributed by atoms with Crippen molar-refractivity contribution < 1.29 is 14.6 Å². The third-order valence-electron chi connectivity index (χ3n) is 8.56. The van der Waals surface area contributed by atoms with Crippen LogP contribution in [0.15, 0.2) is 23.3 Å². The number of nitrogens with zero attached hydrogens (tertiary/aromatic N) is 1. The molecule has 0 aromatic carbocycles. The number of fused-ring (bicyclic) bond motifs is 1. The second kappa shape index (κ2) is 8.80. The average molecular weight is 406 g/mol. The predicted molar refractivity (Wildman–Crippen MR) is 115 cm³/mol. The van der Waals surface area contributed by atoms with Crippen LogP contribution >= 0.6 is 0 Å². The van der Waals surface area contributed by atoms with Crippen molar-refractivity contribution >= 4 is 0 Å². The SMILES string of the molecule is C[C@@H](CN1CC[C@H](F)C1)[C@H]1CC[C@H]2C(=CC=C3C[C@@H](O)C[C@@H](O)C3)CCC[C@]12C. The summed E-state index contributed by atoms with van der Waals surface area (Å²) in [5.74, 6) is 2.00. The number of aliphatic hydroxyl groups excluding tert-OH is 2. The van der Waals surface area contributed by atoms with E-state index in [1.807, 2.05) is 0 Å². The van der Waals surface area contributed by atoms with Gasteiger partial charge in [0.2, 0.25) is 0 Å². The van der Waals surface area contributed by atoms with Gasteiger partial charge in [0.1, 0.15) is 6.17 Å². The molecule has 3 saturated carbocycles. The number of hydrogen-bond acceptors (Lipinski definition) is 3. The van der Waals surface area contributed by atoms with Crippen LogP contribution in [0.3, 0.4) is 0 Å². The summed E-state index contributed by atoms with van der Waals surface area (Å²) in [5.41, 5.74) is 3.14. The fraction of sp³-hybridized carbons (Fsp3) is 0.840. The van der Waals surface area contributed by atoms with Crippen LogP contribution in [-0.4, -0.2) is 53.1 Å². The summed E-state index contributed by atoms with van der Waals surface area (Å²) >= 11 is 0. The second-order valence-electron chi connectivity index (χ2n) is 10.7. The maximum atomic E-state index is 13.6. The first kappa shape index (κ1) is 21.5. The van der Waals surface area contributed by atoms with Crippen LogP contribution in [0.1, 0.15) is 71.6 Å². The summed E-state index contributed by atoms with van der Waals surface area (Å²) in [5, 5.41) is 19.9. The lowest BCUT2D eigenvalue weighted by molar-refractivity contribution is 0.0609. The minimum absolute atomic E-state index is 0.364. The molecule has 1 saturated heterocycles. The van der Waals surface area contributed by atoms with Gasteiger partial charge in [-0.25, -0.2) is 4.39 Å². The highest BCUT2D eigenvalue weighted by Crippen LogP contribution is 2.59. The molecule has 0 radical (unpaired) electrons. The molecule has 1 heterocycles. The van der Waals surface area contributed by atoms with Gasteiger partial charge in [0.25, 0.3) is 0 Å². The predicted octanol–water partition coefficient (Wildman–Crippen LogP) is 4.64. The summed E-state index contributed by atoms with van der Waals surface area (Å²) in [4.78, 5) is 2.34. The Morgan fingerprint density at radius 3 is 2.62 bits per heavy atom. The normalized spacial score (nSPS) is 45.1.